The van der Waals surface area contributed by atoms with Crippen molar-refractivity contribution < 1.29 is 0 Å². The summed E-state index contributed by atoms with van der Waals surface area (Å²) in [4.78, 5) is 18.8. The molecule has 0 fully saturated rings. The summed E-state index contributed by atoms with van der Waals surface area (Å²) in [6.45, 7) is 4.22. The summed E-state index contributed by atoms with van der Waals surface area (Å²) in [5.41, 5.74) is 3.50. The Kier molecular flexibility index (Phi) is 3.46. The van der Waals surface area contributed by atoms with E-state index < -0.39 is 0 Å². The van der Waals surface area contributed by atoms with Crippen molar-refractivity contribution in [2.75, 3.05) is 0 Å². The zero-order chi connectivity index (χ0) is 16.7. The lowest BCUT2D eigenvalue weighted by Crippen LogP contribution is -2.17. The summed E-state index contributed by atoms with van der Waals surface area (Å²) in [7, 11) is 0. The number of aryl methyl sites for hydroxylation is 2. The number of benzene rings is 1. The van der Waals surface area contributed by atoms with E-state index in [1.165, 1.54) is 27.8 Å². The fourth-order valence-electron chi connectivity index (χ4n) is 2.46. The zero-order valence-corrected chi connectivity index (χ0v) is 14.0. The predicted molar refractivity (Wildman–Crippen MR) is 91.2 cm³/mol. The van der Waals surface area contributed by atoms with Crippen LogP contribution in [0.15, 0.2) is 40.5 Å². The Morgan fingerprint density at radius 1 is 1.17 bits per heavy atom. The normalized spacial score (nSPS) is 11.2. The van der Waals surface area contributed by atoms with E-state index in [1.807, 2.05) is 43.5 Å². The van der Waals surface area contributed by atoms with Crippen LogP contribution in [0.4, 0.5) is 0 Å². The zero-order valence-electron chi connectivity index (χ0n) is 13.2. The highest BCUT2D eigenvalue weighted by Crippen LogP contribution is 2.15. The highest BCUT2D eigenvalue weighted by atomic mass is 32.1. The third-order valence-corrected chi connectivity index (χ3v) is 4.64. The average Bonchev–Trinajstić information content (AvgIpc) is 3.16. The Morgan fingerprint density at radius 3 is 2.75 bits per heavy atom. The monoisotopic (exact) mass is 338 g/mol. The van der Waals surface area contributed by atoms with Gasteiger partial charge in [0.05, 0.1) is 5.69 Å². The van der Waals surface area contributed by atoms with E-state index >= 15 is 0 Å². The first-order valence-corrected chi connectivity index (χ1v) is 8.30. The van der Waals surface area contributed by atoms with Gasteiger partial charge in [0.15, 0.2) is 4.96 Å². The number of fused-ring (bicyclic) bond motifs is 1. The van der Waals surface area contributed by atoms with Gasteiger partial charge in [0, 0.05) is 22.7 Å². The third kappa shape index (κ3) is 2.61. The Morgan fingerprint density at radius 2 is 1.96 bits per heavy atom. The van der Waals surface area contributed by atoms with Gasteiger partial charge >= 0.3 is 0 Å². The van der Waals surface area contributed by atoms with Crippen LogP contribution in [0, 0.1) is 13.8 Å². The summed E-state index contributed by atoms with van der Waals surface area (Å²) < 4.78 is 1.60. The first kappa shape index (κ1) is 14.7. The summed E-state index contributed by atoms with van der Waals surface area (Å²) in [6, 6.07) is 9.45. The van der Waals surface area contributed by atoms with Gasteiger partial charge in [-0.1, -0.05) is 29.8 Å². The molecule has 120 valence electrons. The van der Waals surface area contributed by atoms with Gasteiger partial charge in [-0.25, -0.2) is 4.98 Å². The lowest BCUT2D eigenvalue weighted by molar-refractivity contribution is 0.564. The van der Waals surface area contributed by atoms with E-state index in [4.69, 9.17) is 0 Å². The maximum atomic E-state index is 12.2. The van der Waals surface area contributed by atoms with Crippen molar-refractivity contribution in [3.05, 3.63) is 63.0 Å². The van der Waals surface area contributed by atoms with Crippen LogP contribution >= 0.6 is 11.3 Å². The molecule has 7 nitrogen and oxygen atoms in total. The molecule has 0 saturated carbocycles. The second-order valence-electron chi connectivity index (χ2n) is 5.59. The maximum Gasteiger partial charge on any atom is 0.259 e. The van der Waals surface area contributed by atoms with E-state index in [9.17, 15) is 4.79 Å². The van der Waals surface area contributed by atoms with Gasteiger partial charge in [-0.2, -0.15) is 4.80 Å². The maximum absolute atomic E-state index is 12.2. The molecule has 1 aromatic carbocycles. The molecule has 0 unspecified atom stereocenters. The molecule has 24 heavy (non-hydrogen) atoms. The second-order valence-corrected chi connectivity index (χ2v) is 6.43. The van der Waals surface area contributed by atoms with Gasteiger partial charge in [-0.05, 0) is 19.1 Å². The molecule has 4 aromatic rings. The standard InChI is InChI=1S/C16H14N6OS/c1-10-3-5-12(6-4-10)15-18-20-21(19-15)8-13-7-14(23)22-11(2)9-24-16(22)17-13/h3-7,9H,8H2,1-2H3. The first-order chi connectivity index (χ1) is 11.6. The van der Waals surface area contributed by atoms with Crippen molar-refractivity contribution in [3.8, 4) is 11.4 Å². The Labute approximate surface area is 141 Å². The minimum absolute atomic E-state index is 0.0902. The highest BCUT2D eigenvalue weighted by Gasteiger charge is 2.10. The minimum Gasteiger partial charge on any atom is -0.269 e. The molecule has 0 radical (unpaired) electrons. The van der Waals surface area contributed by atoms with Crippen LogP contribution in [-0.4, -0.2) is 29.6 Å². The lowest BCUT2D eigenvalue weighted by atomic mass is 10.1. The predicted octanol–water partition coefficient (Wildman–Crippen LogP) is 2.07. The number of hydrogen-bond donors (Lipinski definition) is 0. The molecule has 0 amide bonds. The van der Waals surface area contributed by atoms with Crippen molar-refractivity contribution in [2.24, 2.45) is 0 Å². The molecule has 0 aliphatic heterocycles. The minimum atomic E-state index is -0.0902. The van der Waals surface area contributed by atoms with Crippen LogP contribution in [0.3, 0.4) is 0 Å². The van der Waals surface area contributed by atoms with Crippen LogP contribution < -0.4 is 5.56 Å². The molecule has 3 aromatic heterocycles. The second kappa shape index (κ2) is 5.64. The average molecular weight is 338 g/mol. The summed E-state index contributed by atoms with van der Waals surface area (Å²) >= 11 is 1.44. The Bertz CT molecular complexity index is 1080. The van der Waals surface area contributed by atoms with Crippen LogP contribution in [0.25, 0.3) is 16.3 Å². The van der Waals surface area contributed by atoms with Crippen molar-refractivity contribution >= 4 is 16.3 Å². The van der Waals surface area contributed by atoms with Crippen LogP contribution in [0.5, 0.6) is 0 Å². The van der Waals surface area contributed by atoms with Crippen molar-refractivity contribution in [2.45, 2.75) is 20.4 Å². The van der Waals surface area contributed by atoms with Crippen LogP contribution in [0.2, 0.25) is 0 Å². The largest absolute Gasteiger partial charge is 0.269 e. The van der Waals surface area contributed by atoms with E-state index in [0.29, 0.717) is 23.0 Å². The fourth-order valence-corrected chi connectivity index (χ4v) is 3.35. The highest BCUT2D eigenvalue weighted by molar-refractivity contribution is 7.15. The van der Waals surface area contributed by atoms with Gasteiger partial charge in [-0.3, -0.25) is 9.20 Å². The summed E-state index contributed by atoms with van der Waals surface area (Å²) in [5.74, 6) is 0.555. The van der Waals surface area contributed by atoms with Crippen molar-refractivity contribution in [1.29, 1.82) is 0 Å². The SMILES string of the molecule is Cc1ccc(-c2nnn(Cc3cc(=O)n4c(C)csc4n3)n2)cc1. The molecule has 0 saturated heterocycles. The van der Waals surface area contributed by atoms with E-state index in [0.717, 1.165) is 11.3 Å². The molecule has 0 spiro atoms. The summed E-state index contributed by atoms with van der Waals surface area (Å²) in [5, 5.41) is 14.4. The molecular weight excluding hydrogens is 324 g/mol. The number of nitrogens with zero attached hydrogens (tertiary/aromatic N) is 6. The summed E-state index contributed by atoms with van der Waals surface area (Å²) in [6.07, 6.45) is 0. The number of thiazole rings is 1. The Balaban J connectivity index is 1.64. The lowest BCUT2D eigenvalue weighted by Gasteiger charge is -2.00. The molecule has 0 aliphatic rings. The number of aromatic nitrogens is 6. The van der Waals surface area contributed by atoms with E-state index in [-0.39, 0.29) is 5.56 Å². The first-order valence-electron chi connectivity index (χ1n) is 7.42. The molecule has 0 bridgehead atoms. The topological polar surface area (TPSA) is 78.0 Å². The van der Waals surface area contributed by atoms with Gasteiger partial charge in [0.1, 0.15) is 6.54 Å². The Hall–Kier alpha value is -2.87. The molecule has 0 atom stereocenters. The molecule has 0 N–H and O–H groups in total. The fraction of sp³-hybridized carbons (Fsp3) is 0.188. The van der Waals surface area contributed by atoms with Crippen molar-refractivity contribution in [3.63, 3.8) is 0 Å². The molecule has 8 heteroatoms. The number of hydrogen-bond acceptors (Lipinski definition) is 6. The van der Waals surface area contributed by atoms with Gasteiger partial charge in [-0.15, -0.1) is 21.5 Å². The van der Waals surface area contributed by atoms with Crippen LogP contribution in [0.1, 0.15) is 17.0 Å². The van der Waals surface area contributed by atoms with Gasteiger partial charge < -0.3 is 0 Å². The molecule has 0 aliphatic carbocycles. The molecule has 3 heterocycles. The van der Waals surface area contributed by atoms with E-state index in [2.05, 4.69) is 20.4 Å². The quantitative estimate of drug-likeness (QED) is 0.571. The molecule has 4 rings (SSSR count). The van der Waals surface area contributed by atoms with E-state index in [1.54, 1.807) is 4.40 Å². The van der Waals surface area contributed by atoms with Crippen molar-refractivity contribution in [1.82, 2.24) is 29.6 Å². The molecular formula is C16H14N6OS. The number of tetrazole rings is 1. The number of rotatable bonds is 3. The third-order valence-electron chi connectivity index (χ3n) is 3.69. The smallest absolute Gasteiger partial charge is 0.259 e. The van der Waals surface area contributed by atoms with Gasteiger partial charge in [0.25, 0.3) is 5.56 Å². The van der Waals surface area contributed by atoms with Crippen LogP contribution in [-0.2, 0) is 6.54 Å². The van der Waals surface area contributed by atoms with Gasteiger partial charge in [0.2, 0.25) is 5.82 Å².